The van der Waals surface area contributed by atoms with Crippen molar-refractivity contribution in [3.8, 4) is 16.3 Å². The molecule has 1 aromatic carbocycles. The largest absolute Gasteiger partial charge is 0.492 e. The van der Waals surface area contributed by atoms with Crippen molar-refractivity contribution < 1.29 is 4.74 Å². The lowest BCUT2D eigenvalue weighted by atomic mass is 10.2. The SMILES string of the molecule is CCOc1ccccc1N=c1scc(-c2cccs2)n1C1CCCC1. The zero-order valence-corrected chi connectivity index (χ0v) is 16.0. The molecular weight excluding hydrogens is 348 g/mol. The third-order valence-electron chi connectivity index (χ3n) is 4.59. The minimum absolute atomic E-state index is 0.557. The molecule has 5 heteroatoms. The number of thiazole rings is 1. The van der Waals surface area contributed by atoms with E-state index in [9.17, 15) is 0 Å². The van der Waals surface area contributed by atoms with Crippen LogP contribution in [0.2, 0.25) is 0 Å². The van der Waals surface area contributed by atoms with Crippen LogP contribution in [-0.2, 0) is 0 Å². The van der Waals surface area contributed by atoms with Gasteiger partial charge in [-0.05, 0) is 43.3 Å². The van der Waals surface area contributed by atoms with Gasteiger partial charge in [0, 0.05) is 11.4 Å². The van der Waals surface area contributed by atoms with E-state index < -0.39 is 0 Å². The van der Waals surface area contributed by atoms with Crippen LogP contribution >= 0.6 is 22.7 Å². The van der Waals surface area contributed by atoms with Crippen molar-refractivity contribution in [1.29, 1.82) is 0 Å². The lowest BCUT2D eigenvalue weighted by molar-refractivity contribution is 0.341. The first-order chi connectivity index (χ1) is 12.4. The highest BCUT2D eigenvalue weighted by molar-refractivity contribution is 7.14. The van der Waals surface area contributed by atoms with Crippen LogP contribution in [-0.4, -0.2) is 11.2 Å². The van der Waals surface area contributed by atoms with E-state index in [4.69, 9.17) is 9.73 Å². The fraction of sp³-hybridized carbons (Fsp3) is 0.350. The van der Waals surface area contributed by atoms with Crippen LogP contribution in [0.4, 0.5) is 5.69 Å². The lowest BCUT2D eigenvalue weighted by Crippen LogP contribution is -2.19. The van der Waals surface area contributed by atoms with Crippen molar-refractivity contribution in [1.82, 2.24) is 4.57 Å². The summed E-state index contributed by atoms with van der Waals surface area (Å²) < 4.78 is 8.22. The molecule has 2 heterocycles. The number of rotatable bonds is 5. The minimum Gasteiger partial charge on any atom is -0.492 e. The maximum atomic E-state index is 5.76. The van der Waals surface area contributed by atoms with Crippen molar-refractivity contribution in [2.24, 2.45) is 4.99 Å². The van der Waals surface area contributed by atoms with E-state index in [0.717, 1.165) is 16.2 Å². The number of para-hydroxylation sites is 2. The molecule has 2 aromatic heterocycles. The zero-order chi connectivity index (χ0) is 17.1. The molecular formula is C20H22N2OS2. The zero-order valence-electron chi connectivity index (χ0n) is 14.4. The van der Waals surface area contributed by atoms with Gasteiger partial charge in [0.25, 0.3) is 0 Å². The van der Waals surface area contributed by atoms with Gasteiger partial charge >= 0.3 is 0 Å². The molecule has 0 unspecified atom stereocenters. The molecule has 1 saturated carbocycles. The van der Waals surface area contributed by atoms with Gasteiger partial charge in [-0.1, -0.05) is 31.0 Å². The van der Waals surface area contributed by atoms with Gasteiger partial charge in [0.05, 0.1) is 17.2 Å². The molecule has 1 aliphatic carbocycles. The molecule has 0 amide bonds. The van der Waals surface area contributed by atoms with Crippen LogP contribution in [0.3, 0.4) is 0 Å². The summed E-state index contributed by atoms with van der Waals surface area (Å²) in [5.41, 5.74) is 2.22. The Balaban J connectivity index is 1.85. The molecule has 0 atom stereocenters. The number of hydrogen-bond acceptors (Lipinski definition) is 4. The van der Waals surface area contributed by atoms with Crippen LogP contribution in [0.25, 0.3) is 10.6 Å². The van der Waals surface area contributed by atoms with Gasteiger partial charge in [0.1, 0.15) is 11.4 Å². The van der Waals surface area contributed by atoms with Gasteiger partial charge in [-0.2, -0.15) is 0 Å². The fourth-order valence-electron chi connectivity index (χ4n) is 3.45. The third-order valence-corrected chi connectivity index (χ3v) is 6.32. The van der Waals surface area contributed by atoms with Crippen molar-refractivity contribution >= 4 is 28.4 Å². The Morgan fingerprint density at radius 2 is 1.96 bits per heavy atom. The Kier molecular flexibility index (Phi) is 5.04. The second-order valence-corrected chi connectivity index (χ2v) is 7.99. The summed E-state index contributed by atoms with van der Waals surface area (Å²) in [6.45, 7) is 2.66. The van der Waals surface area contributed by atoms with Crippen molar-refractivity contribution in [2.75, 3.05) is 6.61 Å². The Morgan fingerprint density at radius 1 is 1.12 bits per heavy atom. The summed E-state index contributed by atoms with van der Waals surface area (Å²) in [6, 6.07) is 12.9. The Hall–Kier alpha value is -1.85. The van der Waals surface area contributed by atoms with E-state index in [0.29, 0.717) is 12.6 Å². The van der Waals surface area contributed by atoms with Gasteiger partial charge in [0.15, 0.2) is 4.80 Å². The quantitative estimate of drug-likeness (QED) is 0.539. The molecule has 0 aliphatic heterocycles. The normalized spacial score (nSPS) is 15.8. The topological polar surface area (TPSA) is 26.5 Å². The standard InChI is InChI=1S/C20H22N2OS2/c1-2-23-18-11-6-5-10-16(18)21-20-22(15-8-3-4-9-15)17(14-25-20)19-12-7-13-24-19/h5-7,10-15H,2-4,8-9H2,1H3. The van der Waals surface area contributed by atoms with Crippen LogP contribution in [0.15, 0.2) is 52.2 Å². The second kappa shape index (κ2) is 7.58. The van der Waals surface area contributed by atoms with E-state index in [2.05, 4.69) is 27.5 Å². The lowest BCUT2D eigenvalue weighted by Gasteiger charge is -2.15. The van der Waals surface area contributed by atoms with Gasteiger partial charge in [-0.3, -0.25) is 0 Å². The van der Waals surface area contributed by atoms with E-state index in [1.807, 2.05) is 31.2 Å². The molecule has 4 rings (SSSR count). The van der Waals surface area contributed by atoms with Crippen LogP contribution in [0.5, 0.6) is 5.75 Å². The average Bonchev–Trinajstić information content (AvgIpc) is 3.38. The summed E-state index contributed by atoms with van der Waals surface area (Å²) in [5, 5.41) is 4.40. The molecule has 25 heavy (non-hydrogen) atoms. The molecule has 0 spiro atoms. The molecule has 0 N–H and O–H groups in total. The Labute approximate surface area is 156 Å². The second-order valence-electron chi connectivity index (χ2n) is 6.20. The summed E-state index contributed by atoms with van der Waals surface area (Å²) in [6.07, 6.45) is 5.11. The molecule has 0 radical (unpaired) electrons. The predicted octanol–water partition coefficient (Wildman–Crippen LogP) is 6.02. The summed E-state index contributed by atoms with van der Waals surface area (Å²) in [7, 11) is 0. The minimum atomic E-state index is 0.557. The Morgan fingerprint density at radius 3 is 2.72 bits per heavy atom. The first-order valence-electron chi connectivity index (χ1n) is 8.87. The van der Waals surface area contributed by atoms with E-state index >= 15 is 0 Å². The van der Waals surface area contributed by atoms with Crippen LogP contribution < -0.4 is 9.54 Å². The summed E-state index contributed by atoms with van der Waals surface area (Å²) in [5.74, 6) is 0.856. The summed E-state index contributed by atoms with van der Waals surface area (Å²) >= 11 is 3.53. The number of thiophene rings is 1. The third kappa shape index (κ3) is 3.44. The predicted molar refractivity (Wildman–Crippen MR) is 106 cm³/mol. The number of aromatic nitrogens is 1. The molecule has 0 saturated heterocycles. The monoisotopic (exact) mass is 370 g/mol. The van der Waals surface area contributed by atoms with Crippen molar-refractivity contribution in [2.45, 2.75) is 38.6 Å². The molecule has 3 nitrogen and oxygen atoms in total. The van der Waals surface area contributed by atoms with Gasteiger partial charge in [-0.25, -0.2) is 4.99 Å². The summed E-state index contributed by atoms with van der Waals surface area (Å²) in [4.78, 5) is 7.39. The highest BCUT2D eigenvalue weighted by Gasteiger charge is 2.22. The first kappa shape index (κ1) is 16.6. The maximum absolute atomic E-state index is 5.76. The highest BCUT2D eigenvalue weighted by atomic mass is 32.1. The van der Waals surface area contributed by atoms with Gasteiger partial charge in [0.2, 0.25) is 0 Å². The molecule has 0 bridgehead atoms. The number of nitrogens with zero attached hydrogens (tertiary/aromatic N) is 2. The van der Waals surface area contributed by atoms with E-state index in [1.54, 1.807) is 22.7 Å². The molecule has 1 aliphatic rings. The van der Waals surface area contributed by atoms with E-state index in [-0.39, 0.29) is 0 Å². The van der Waals surface area contributed by atoms with Crippen LogP contribution in [0, 0.1) is 0 Å². The number of benzene rings is 1. The van der Waals surface area contributed by atoms with Gasteiger partial charge < -0.3 is 9.30 Å². The number of hydrogen-bond donors (Lipinski definition) is 0. The fourth-order valence-corrected chi connectivity index (χ4v) is 5.24. The first-order valence-corrected chi connectivity index (χ1v) is 10.6. The Bertz CT molecular complexity index is 887. The van der Waals surface area contributed by atoms with Crippen molar-refractivity contribution in [3.63, 3.8) is 0 Å². The van der Waals surface area contributed by atoms with E-state index in [1.165, 1.54) is 36.3 Å². The van der Waals surface area contributed by atoms with Crippen molar-refractivity contribution in [3.05, 3.63) is 52.0 Å². The maximum Gasteiger partial charge on any atom is 0.190 e. The highest BCUT2D eigenvalue weighted by Crippen LogP contribution is 2.35. The van der Waals surface area contributed by atoms with Gasteiger partial charge in [-0.15, -0.1) is 22.7 Å². The number of ether oxygens (including phenoxy) is 1. The smallest absolute Gasteiger partial charge is 0.190 e. The molecule has 3 aromatic rings. The average molecular weight is 371 g/mol. The molecule has 1 fully saturated rings. The van der Waals surface area contributed by atoms with Crippen LogP contribution in [0.1, 0.15) is 38.6 Å². The molecule has 130 valence electrons.